The first kappa shape index (κ1) is 13.8. The van der Waals surface area contributed by atoms with Gasteiger partial charge in [-0.1, -0.05) is 18.2 Å². The molecule has 2 atom stereocenters. The molecule has 102 valence electrons. The van der Waals surface area contributed by atoms with Crippen LogP contribution in [0.1, 0.15) is 6.42 Å². The van der Waals surface area contributed by atoms with E-state index in [0.717, 1.165) is 19.6 Å². The molecule has 0 bridgehead atoms. The topological polar surface area (TPSA) is 83.1 Å². The molecule has 1 aliphatic rings. The number of hydrogen-bond acceptors (Lipinski definition) is 5. The molecule has 0 spiro atoms. The smallest absolute Gasteiger partial charge is 0.207 e. The van der Waals surface area contributed by atoms with Crippen molar-refractivity contribution in [3.63, 3.8) is 0 Å². The normalized spacial score (nSPS) is 22.2. The second-order valence-corrected chi connectivity index (χ2v) is 4.78. The Bertz CT molecular complexity index is 425. The third kappa shape index (κ3) is 3.67. The van der Waals surface area contributed by atoms with E-state index < -0.39 is 5.60 Å². The first-order valence-electron chi connectivity index (χ1n) is 6.57. The van der Waals surface area contributed by atoms with Gasteiger partial charge in [0.25, 0.3) is 0 Å². The molecule has 1 aromatic carbocycles. The Hall–Kier alpha value is -1.61. The second-order valence-electron chi connectivity index (χ2n) is 4.78. The third-order valence-electron chi connectivity index (χ3n) is 3.29. The summed E-state index contributed by atoms with van der Waals surface area (Å²) in [5.74, 6) is 0.679. The van der Waals surface area contributed by atoms with Crippen LogP contribution in [0, 0.1) is 11.3 Å². The fraction of sp³-hybridized carbons (Fsp3) is 0.500. The van der Waals surface area contributed by atoms with Gasteiger partial charge in [0.1, 0.15) is 11.8 Å². The number of hydrogen-bond donors (Lipinski definition) is 3. The highest BCUT2D eigenvalue weighted by Crippen LogP contribution is 2.22. The first-order chi connectivity index (χ1) is 9.28. The molecule has 0 aromatic heterocycles. The molecule has 1 aromatic rings. The Kier molecular flexibility index (Phi) is 4.74. The number of benzene rings is 1. The van der Waals surface area contributed by atoms with E-state index in [1.807, 2.05) is 30.3 Å². The molecular formula is C14H20N4O. The van der Waals surface area contributed by atoms with Crippen LogP contribution in [0.2, 0.25) is 0 Å². The molecule has 1 saturated heterocycles. The van der Waals surface area contributed by atoms with Crippen LogP contribution in [-0.4, -0.2) is 37.8 Å². The second kappa shape index (κ2) is 6.53. The van der Waals surface area contributed by atoms with Crippen LogP contribution >= 0.6 is 0 Å². The average Bonchev–Trinajstić information content (AvgIpc) is 2.48. The lowest BCUT2D eigenvalue weighted by Crippen LogP contribution is -2.54. The predicted molar refractivity (Wildman–Crippen MR) is 73.7 cm³/mol. The van der Waals surface area contributed by atoms with E-state index in [1.54, 1.807) is 0 Å². The number of nitrogens with two attached hydrogens (primary N) is 1. The lowest BCUT2D eigenvalue weighted by molar-refractivity contribution is 0.109. The Morgan fingerprint density at radius 3 is 2.74 bits per heavy atom. The highest BCUT2D eigenvalue weighted by Gasteiger charge is 2.34. The van der Waals surface area contributed by atoms with Gasteiger partial charge >= 0.3 is 0 Å². The van der Waals surface area contributed by atoms with Crippen LogP contribution in [0.5, 0.6) is 5.75 Å². The van der Waals surface area contributed by atoms with Crippen LogP contribution in [0.3, 0.4) is 0 Å². The number of rotatable bonds is 5. The molecule has 1 heterocycles. The molecule has 0 saturated carbocycles. The average molecular weight is 260 g/mol. The van der Waals surface area contributed by atoms with Gasteiger partial charge in [-0.05, 0) is 12.1 Å². The number of para-hydroxylation sites is 1. The maximum atomic E-state index is 9.47. The Labute approximate surface area is 113 Å². The largest absolute Gasteiger partial charge is 0.471 e. The van der Waals surface area contributed by atoms with Crippen molar-refractivity contribution in [2.45, 2.75) is 18.1 Å². The first-order valence-corrected chi connectivity index (χ1v) is 6.57. The van der Waals surface area contributed by atoms with Gasteiger partial charge in [-0.2, -0.15) is 5.26 Å². The summed E-state index contributed by atoms with van der Waals surface area (Å²) in [7, 11) is 0. The van der Waals surface area contributed by atoms with Crippen molar-refractivity contribution in [3.05, 3.63) is 30.3 Å². The van der Waals surface area contributed by atoms with Crippen LogP contribution in [0.4, 0.5) is 0 Å². The molecule has 0 aliphatic carbocycles. The lowest BCUT2D eigenvalue weighted by Gasteiger charge is -2.33. The number of nitriles is 1. The SMILES string of the molecule is N#CC(CN)(CC1CNCCN1)Oc1ccccc1. The molecule has 0 radical (unpaired) electrons. The Balaban J connectivity index is 2.06. The van der Waals surface area contributed by atoms with Gasteiger partial charge < -0.3 is 21.1 Å². The summed E-state index contributed by atoms with van der Waals surface area (Å²) in [5.41, 5.74) is 4.81. The van der Waals surface area contributed by atoms with Gasteiger partial charge in [0.15, 0.2) is 0 Å². The highest BCUT2D eigenvalue weighted by molar-refractivity contribution is 5.24. The number of piperazine rings is 1. The zero-order chi connectivity index (χ0) is 13.6. The highest BCUT2D eigenvalue weighted by atomic mass is 16.5. The monoisotopic (exact) mass is 260 g/mol. The maximum absolute atomic E-state index is 9.47. The van der Waals surface area contributed by atoms with Crippen molar-refractivity contribution in [2.24, 2.45) is 5.73 Å². The predicted octanol–water partition coefficient (Wildman–Crippen LogP) is 0.238. The van der Waals surface area contributed by atoms with Crippen LogP contribution in [0.25, 0.3) is 0 Å². The van der Waals surface area contributed by atoms with Crippen molar-refractivity contribution in [1.29, 1.82) is 5.26 Å². The fourth-order valence-corrected chi connectivity index (χ4v) is 2.25. The number of ether oxygens (including phenoxy) is 1. The molecular weight excluding hydrogens is 240 g/mol. The minimum Gasteiger partial charge on any atom is -0.471 e. The van der Waals surface area contributed by atoms with Gasteiger partial charge in [0.05, 0.1) is 0 Å². The van der Waals surface area contributed by atoms with Crippen LogP contribution < -0.4 is 21.1 Å². The van der Waals surface area contributed by atoms with Crippen molar-refractivity contribution in [2.75, 3.05) is 26.2 Å². The van der Waals surface area contributed by atoms with E-state index in [-0.39, 0.29) is 12.6 Å². The molecule has 0 amide bonds. The van der Waals surface area contributed by atoms with Crippen LogP contribution in [-0.2, 0) is 0 Å². The summed E-state index contributed by atoms with van der Waals surface area (Å²) in [6.45, 7) is 2.87. The van der Waals surface area contributed by atoms with E-state index in [4.69, 9.17) is 10.5 Å². The van der Waals surface area contributed by atoms with Crippen LogP contribution in [0.15, 0.2) is 30.3 Å². The summed E-state index contributed by atoms with van der Waals surface area (Å²) in [6, 6.07) is 11.8. The minimum atomic E-state index is -0.974. The van der Waals surface area contributed by atoms with Crippen molar-refractivity contribution < 1.29 is 4.74 Å². The van der Waals surface area contributed by atoms with E-state index in [2.05, 4.69) is 16.7 Å². The van der Waals surface area contributed by atoms with Crippen molar-refractivity contribution >= 4 is 0 Å². The molecule has 19 heavy (non-hydrogen) atoms. The number of nitrogens with one attached hydrogen (secondary N) is 2. The molecule has 5 nitrogen and oxygen atoms in total. The van der Waals surface area contributed by atoms with Gasteiger partial charge in [0.2, 0.25) is 5.60 Å². The minimum absolute atomic E-state index is 0.177. The van der Waals surface area contributed by atoms with Gasteiger partial charge in [-0.25, -0.2) is 0 Å². The van der Waals surface area contributed by atoms with Gasteiger partial charge in [-0.3, -0.25) is 0 Å². The quantitative estimate of drug-likeness (QED) is 0.706. The zero-order valence-electron chi connectivity index (χ0n) is 10.9. The van der Waals surface area contributed by atoms with Gasteiger partial charge in [-0.15, -0.1) is 0 Å². The number of nitrogens with zero attached hydrogens (tertiary/aromatic N) is 1. The molecule has 1 aliphatic heterocycles. The summed E-state index contributed by atoms with van der Waals surface area (Å²) >= 11 is 0. The van der Waals surface area contributed by atoms with Crippen molar-refractivity contribution in [3.8, 4) is 11.8 Å². The van der Waals surface area contributed by atoms with E-state index in [9.17, 15) is 5.26 Å². The third-order valence-corrected chi connectivity index (χ3v) is 3.29. The molecule has 4 N–H and O–H groups in total. The standard InChI is InChI=1S/C14H20N4O/c15-10-14(11-16,8-12-9-17-6-7-18-12)19-13-4-2-1-3-5-13/h1-5,12,17-18H,6-10,15H2. The molecule has 2 rings (SSSR count). The molecule has 2 unspecified atom stereocenters. The molecule has 1 fully saturated rings. The summed E-state index contributed by atoms with van der Waals surface area (Å²) < 4.78 is 5.85. The Morgan fingerprint density at radius 2 is 2.16 bits per heavy atom. The summed E-state index contributed by atoms with van der Waals surface area (Å²) in [6.07, 6.45) is 0.571. The van der Waals surface area contributed by atoms with E-state index in [1.165, 1.54) is 0 Å². The van der Waals surface area contributed by atoms with Crippen molar-refractivity contribution in [1.82, 2.24) is 10.6 Å². The fourth-order valence-electron chi connectivity index (χ4n) is 2.25. The summed E-state index contributed by atoms with van der Waals surface area (Å²) in [5, 5.41) is 16.1. The lowest BCUT2D eigenvalue weighted by atomic mass is 9.95. The maximum Gasteiger partial charge on any atom is 0.207 e. The molecule has 5 heteroatoms. The Morgan fingerprint density at radius 1 is 1.37 bits per heavy atom. The summed E-state index contributed by atoms with van der Waals surface area (Å²) in [4.78, 5) is 0. The zero-order valence-corrected chi connectivity index (χ0v) is 10.9. The van der Waals surface area contributed by atoms with E-state index >= 15 is 0 Å². The van der Waals surface area contributed by atoms with Gasteiger partial charge in [0, 0.05) is 38.6 Å². The van der Waals surface area contributed by atoms with E-state index in [0.29, 0.717) is 12.2 Å².